The zero-order chi connectivity index (χ0) is 15.9. The maximum atomic E-state index is 11.9. The van der Waals surface area contributed by atoms with Crippen LogP contribution in [0.5, 0.6) is 0 Å². The van der Waals surface area contributed by atoms with Gasteiger partial charge in [0, 0.05) is 11.3 Å². The summed E-state index contributed by atoms with van der Waals surface area (Å²) in [6.45, 7) is 1.51. The van der Waals surface area contributed by atoms with Gasteiger partial charge in [-0.15, -0.1) is 0 Å². The predicted octanol–water partition coefficient (Wildman–Crippen LogP) is 2.94. The topological polar surface area (TPSA) is 58.2 Å². The first-order valence-corrected chi connectivity index (χ1v) is 7.21. The molecule has 0 aliphatic rings. The highest BCUT2D eigenvalue weighted by Gasteiger charge is 2.06. The molecular weight excluding hydrogens is 296 g/mol. The number of carbonyl (C=O) groups excluding carboxylic acids is 2. The maximum Gasteiger partial charge on any atom is 0.230 e. The Kier molecular flexibility index (Phi) is 5.38. The second-order valence-corrected chi connectivity index (χ2v) is 5.21. The van der Waals surface area contributed by atoms with Crippen LogP contribution < -0.4 is 10.6 Å². The maximum absolute atomic E-state index is 11.9. The summed E-state index contributed by atoms with van der Waals surface area (Å²) in [7, 11) is 0. The third-order valence-corrected chi connectivity index (χ3v) is 3.21. The first kappa shape index (κ1) is 15.9. The third kappa shape index (κ3) is 4.79. The zero-order valence-electron chi connectivity index (χ0n) is 12.1. The molecule has 2 aromatic carbocycles. The van der Waals surface area contributed by atoms with Crippen molar-refractivity contribution in [1.82, 2.24) is 5.32 Å². The Labute approximate surface area is 134 Å². The van der Waals surface area contributed by atoms with E-state index in [-0.39, 0.29) is 23.2 Å². The molecule has 4 nitrogen and oxygen atoms in total. The van der Waals surface area contributed by atoms with Gasteiger partial charge >= 0.3 is 0 Å². The van der Waals surface area contributed by atoms with Crippen LogP contribution in [-0.2, 0) is 11.2 Å². The second kappa shape index (κ2) is 7.47. The molecule has 0 aromatic heterocycles. The molecule has 0 aliphatic carbocycles. The lowest BCUT2D eigenvalue weighted by atomic mass is 10.1. The van der Waals surface area contributed by atoms with E-state index in [9.17, 15) is 9.59 Å². The van der Waals surface area contributed by atoms with Crippen LogP contribution in [-0.4, -0.2) is 16.8 Å². The van der Waals surface area contributed by atoms with Gasteiger partial charge in [0.25, 0.3) is 0 Å². The first-order chi connectivity index (χ1) is 10.5. The van der Waals surface area contributed by atoms with Crippen LogP contribution >= 0.6 is 12.2 Å². The van der Waals surface area contributed by atoms with Crippen molar-refractivity contribution in [1.29, 1.82) is 0 Å². The van der Waals surface area contributed by atoms with Crippen molar-refractivity contribution < 1.29 is 9.59 Å². The van der Waals surface area contributed by atoms with Gasteiger partial charge in [-0.05, 0) is 49.0 Å². The fourth-order valence-corrected chi connectivity index (χ4v) is 2.13. The van der Waals surface area contributed by atoms with Crippen LogP contribution in [0, 0.1) is 0 Å². The molecule has 0 spiro atoms. The van der Waals surface area contributed by atoms with E-state index in [1.807, 2.05) is 30.3 Å². The minimum Gasteiger partial charge on any atom is -0.332 e. The third-order valence-electron chi connectivity index (χ3n) is 3.01. The average molecular weight is 312 g/mol. The van der Waals surface area contributed by atoms with Gasteiger partial charge in [0.05, 0.1) is 6.42 Å². The molecule has 0 saturated heterocycles. The summed E-state index contributed by atoms with van der Waals surface area (Å²) in [5, 5.41) is 5.77. The first-order valence-electron chi connectivity index (χ1n) is 6.80. The molecule has 2 N–H and O–H groups in total. The normalized spacial score (nSPS) is 9.86. The Morgan fingerprint density at radius 1 is 1.00 bits per heavy atom. The Balaban J connectivity index is 1.87. The number of ketones is 1. The van der Waals surface area contributed by atoms with E-state index in [0.29, 0.717) is 5.56 Å². The molecule has 0 atom stereocenters. The van der Waals surface area contributed by atoms with Gasteiger partial charge in [-0.1, -0.05) is 30.3 Å². The predicted molar refractivity (Wildman–Crippen MR) is 91.0 cm³/mol. The highest BCUT2D eigenvalue weighted by atomic mass is 32.1. The van der Waals surface area contributed by atoms with Crippen molar-refractivity contribution in [3.05, 3.63) is 65.7 Å². The molecule has 0 aliphatic heterocycles. The summed E-state index contributed by atoms with van der Waals surface area (Å²) in [5.41, 5.74) is 2.27. The van der Waals surface area contributed by atoms with Crippen molar-refractivity contribution in [2.45, 2.75) is 13.3 Å². The van der Waals surface area contributed by atoms with Crippen molar-refractivity contribution in [2.75, 3.05) is 5.32 Å². The van der Waals surface area contributed by atoms with Crippen LogP contribution in [0.15, 0.2) is 54.6 Å². The van der Waals surface area contributed by atoms with Gasteiger partial charge in [0.15, 0.2) is 10.9 Å². The number of amides is 1. The molecular formula is C17H16N2O2S. The SMILES string of the molecule is CC(=O)c1ccc(NC(=S)NC(=O)Cc2ccccc2)cc1. The Hall–Kier alpha value is -2.53. The van der Waals surface area contributed by atoms with Crippen molar-refractivity contribution >= 4 is 34.7 Å². The quantitative estimate of drug-likeness (QED) is 0.673. The molecule has 2 rings (SSSR count). The monoisotopic (exact) mass is 312 g/mol. The molecule has 2 aromatic rings. The van der Waals surface area contributed by atoms with Crippen molar-refractivity contribution in [2.24, 2.45) is 0 Å². The smallest absolute Gasteiger partial charge is 0.230 e. The molecule has 112 valence electrons. The number of rotatable bonds is 4. The van der Waals surface area contributed by atoms with Gasteiger partial charge in [0.1, 0.15) is 0 Å². The largest absolute Gasteiger partial charge is 0.332 e. The van der Waals surface area contributed by atoms with E-state index < -0.39 is 0 Å². The van der Waals surface area contributed by atoms with Crippen molar-refractivity contribution in [3.63, 3.8) is 0 Å². The molecule has 0 bridgehead atoms. The molecule has 0 saturated carbocycles. The summed E-state index contributed by atoms with van der Waals surface area (Å²) in [6, 6.07) is 16.3. The van der Waals surface area contributed by atoms with E-state index in [1.54, 1.807) is 24.3 Å². The van der Waals surface area contributed by atoms with E-state index in [2.05, 4.69) is 10.6 Å². The van der Waals surface area contributed by atoms with E-state index >= 15 is 0 Å². The fraction of sp³-hybridized carbons (Fsp3) is 0.118. The van der Waals surface area contributed by atoms with Gasteiger partial charge in [-0.2, -0.15) is 0 Å². The number of hydrogen-bond donors (Lipinski definition) is 2. The second-order valence-electron chi connectivity index (χ2n) is 4.80. The number of thiocarbonyl (C=S) groups is 1. The Morgan fingerprint density at radius 2 is 1.64 bits per heavy atom. The molecule has 5 heteroatoms. The number of carbonyl (C=O) groups is 2. The molecule has 0 heterocycles. The number of Topliss-reactive ketones (excluding diaryl/α,β-unsaturated/α-hetero) is 1. The summed E-state index contributed by atoms with van der Waals surface area (Å²) in [4.78, 5) is 23.1. The Morgan fingerprint density at radius 3 is 2.23 bits per heavy atom. The van der Waals surface area contributed by atoms with Crippen molar-refractivity contribution in [3.8, 4) is 0 Å². The molecule has 0 radical (unpaired) electrons. The minimum atomic E-state index is -0.177. The summed E-state index contributed by atoms with van der Waals surface area (Å²) in [6.07, 6.45) is 0.270. The van der Waals surface area contributed by atoms with Gasteiger partial charge in [-0.25, -0.2) is 0 Å². The van der Waals surface area contributed by atoms with Crippen LogP contribution in [0.2, 0.25) is 0 Å². The number of benzene rings is 2. The van der Waals surface area contributed by atoms with E-state index in [1.165, 1.54) is 6.92 Å². The average Bonchev–Trinajstić information content (AvgIpc) is 2.48. The standard InChI is InChI=1S/C17H16N2O2S/c1-12(20)14-7-9-15(10-8-14)18-17(22)19-16(21)11-13-5-3-2-4-6-13/h2-10H,11H2,1H3,(H2,18,19,21,22). The fourth-order valence-electron chi connectivity index (χ4n) is 1.90. The summed E-state index contributed by atoms with van der Waals surface area (Å²) >= 11 is 5.10. The lowest BCUT2D eigenvalue weighted by Crippen LogP contribution is -2.35. The van der Waals surface area contributed by atoms with E-state index in [4.69, 9.17) is 12.2 Å². The van der Waals surface area contributed by atoms with Gasteiger partial charge in [0.2, 0.25) is 5.91 Å². The van der Waals surface area contributed by atoms with Gasteiger partial charge in [-0.3, -0.25) is 9.59 Å². The number of hydrogen-bond acceptors (Lipinski definition) is 3. The minimum absolute atomic E-state index is 0.00490. The van der Waals surface area contributed by atoms with Gasteiger partial charge < -0.3 is 10.6 Å². The molecule has 0 fully saturated rings. The van der Waals surface area contributed by atoms with Crippen LogP contribution in [0.25, 0.3) is 0 Å². The molecule has 1 amide bonds. The lowest BCUT2D eigenvalue weighted by Gasteiger charge is -2.10. The summed E-state index contributed by atoms with van der Waals surface area (Å²) < 4.78 is 0. The zero-order valence-corrected chi connectivity index (χ0v) is 12.9. The highest BCUT2D eigenvalue weighted by molar-refractivity contribution is 7.80. The molecule has 0 unspecified atom stereocenters. The number of nitrogens with one attached hydrogen (secondary N) is 2. The van der Waals surface area contributed by atoms with Crippen LogP contribution in [0.3, 0.4) is 0 Å². The lowest BCUT2D eigenvalue weighted by molar-refractivity contribution is -0.119. The molecule has 22 heavy (non-hydrogen) atoms. The van der Waals surface area contributed by atoms with Crippen LogP contribution in [0.1, 0.15) is 22.8 Å². The highest BCUT2D eigenvalue weighted by Crippen LogP contribution is 2.10. The summed E-state index contributed by atoms with van der Waals surface area (Å²) in [5.74, 6) is -0.172. The van der Waals surface area contributed by atoms with Crippen LogP contribution in [0.4, 0.5) is 5.69 Å². The Bertz CT molecular complexity index is 682. The number of anilines is 1. The van der Waals surface area contributed by atoms with E-state index in [0.717, 1.165) is 11.3 Å².